The summed E-state index contributed by atoms with van der Waals surface area (Å²) < 4.78 is 19.5. The number of ether oxygens (including phenoxy) is 1. The minimum Gasteiger partial charge on any atom is -0.377 e. The van der Waals surface area contributed by atoms with Gasteiger partial charge in [0.2, 0.25) is 0 Å². The molecule has 1 aliphatic rings. The first-order valence-electron chi connectivity index (χ1n) is 5.98. The van der Waals surface area contributed by atoms with Crippen molar-refractivity contribution < 1.29 is 9.13 Å². The lowest BCUT2D eigenvalue weighted by molar-refractivity contribution is 0.000595. The van der Waals surface area contributed by atoms with Gasteiger partial charge in [-0.15, -0.1) is 0 Å². The summed E-state index contributed by atoms with van der Waals surface area (Å²) in [6, 6.07) is 4.99. The zero-order valence-corrected chi connectivity index (χ0v) is 11.2. The minimum atomic E-state index is -0.237. The first-order valence-corrected chi connectivity index (χ1v) is 6.78. The van der Waals surface area contributed by atoms with Crippen molar-refractivity contribution in [3.8, 4) is 0 Å². The van der Waals surface area contributed by atoms with E-state index in [9.17, 15) is 4.39 Å². The summed E-state index contributed by atoms with van der Waals surface area (Å²) in [4.78, 5) is 0. The van der Waals surface area contributed by atoms with Gasteiger partial charge in [-0.1, -0.05) is 12.1 Å². The van der Waals surface area contributed by atoms with Crippen LogP contribution in [0.25, 0.3) is 0 Å². The highest BCUT2D eigenvalue weighted by molar-refractivity contribution is 9.10. The molecule has 4 heteroatoms. The molecule has 1 aromatic carbocycles. The summed E-state index contributed by atoms with van der Waals surface area (Å²) in [6.45, 7) is 0.794. The van der Waals surface area contributed by atoms with Gasteiger partial charge in [0.1, 0.15) is 5.82 Å². The van der Waals surface area contributed by atoms with E-state index in [4.69, 9.17) is 10.5 Å². The van der Waals surface area contributed by atoms with Gasteiger partial charge in [-0.2, -0.15) is 0 Å². The molecular formula is C13H17BrFNO. The zero-order valence-electron chi connectivity index (χ0n) is 9.66. The lowest BCUT2D eigenvalue weighted by Crippen LogP contribution is -2.40. The van der Waals surface area contributed by atoms with Crippen LogP contribution < -0.4 is 5.73 Å². The summed E-state index contributed by atoms with van der Waals surface area (Å²) in [5, 5.41) is 0. The fraction of sp³-hybridized carbons (Fsp3) is 0.538. The Balaban J connectivity index is 2.01. The van der Waals surface area contributed by atoms with Crippen LogP contribution in [0.3, 0.4) is 0 Å². The molecule has 1 heterocycles. The van der Waals surface area contributed by atoms with Crippen LogP contribution in [0.15, 0.2) is 22.7 Å². The van der Waals surface area contributed by atoms with Crippen LogP contribution in [-0.4, -0.2) is 18.8 Å². The Morgan fingerprint density at radius 2 is 2.29 bits per heavy atom. The van der Waals surface area contributed by atoms with E-state index >= 15 is 0 Å². The molecule has 94 valence electrons. The van der Waals surface area contributed by atoms with Crippen LogP contribution in [0.5, 0.6) is 0 Å². The molecule has 0 radical (unpaired) electrons. The van der Waals surface area contributed by atoms with Crippen molar-refractivity contribution in [3.05, 3.63) is 34.1 Å². The standard InChI is InChI=1S/C13H17BrFNO/c14-13-9(4-3-5-10(13)15)8-11(16)12-6-1-2-7-17-12/h3-5,11-12H,1-2,6-8,16H2. The number of hydrogen-bond donors (Lipinski definition) is 1. The Hall–Kier alpha value is -0.450. The van der Waals surface area contributed by atoms with E-state index in [0.29, 0.717) is 10.9 Å². The van der Waals surface area contributed by atoms with Gasteiger partial charge >= 0.3 is 0 Å². The average Bonchev–Trinajstić information content (AvgIpc) is 2.36. The van der Waals surface area contributed by atoms with E-state index in [0.717, 1.165) is 25.0 Å². The van der Waals surface area contributed by atoms with Gasteiger partial charge in [-0.25, -0.2) is 4.39 Å². The van der Waals surface area contributed by atoms with Crippen LogP contribution in [0.1, 0.15) is 24.8 Å². The van der Waals surface area contributed by atoms with Crippen LogP contribution >= 0.6 is 15.9 Å². The lowest BCUT2D eigenvalue weighted by atomic mass is 9.97. The zero-order chi connectivity index (χ0) is 12.3. The maximum Gasteiger partial charge on any atom is 0.137 e. The Bertz CT molecular complexity index is 380. The fourth-order valence-corrected chi connectivity index (χ4v) is 2.62. The molecule has 1 saturated heterocycles. The van der Waals surface area contributed by atoms with E-state index in [1.54, 1.807) is 6.07 Å². The summed E-state index contributed by atoms with van der Waals surface area (Å²) >= 11 is 3.26. The molecular weight excluding hydrogens is 285 g/mol. The van der Waals surface area contributed by atoms with Gasteiger partial charge in [-0.3, -0.25) is 0 Å². The Morgan fingerprint density at radius 3 is 3.00 bits per heavy atom. The summed E-state index contributed by atoms with van der Waals surface area (Å²) in [5.74, 6) is -0.237. The topological polar surface area (TPSA) is 35.2 Å². The Labute approximate surface area is 109 Å². The van der Waals surface area contributed by atoms with Crippen molar-refractivity contribution in [1.82, 2.24) is 0 Å². The van der Waals surface area contributed by atoms with E-state index in [-0.39, 0.29) is 18.0 Å². The number of hydrogen-bond acceptors (Lipinski definition) is 2. The first-order chi connectivity index (χ1) is 8.18. The normalized spacial score (nSPS) is 22.4. The van der Waals surface area contributed by atoms with Crippen molar-refractivity contribution in [1.29, 1.82) is 0 Å². The first kappa shape index (κ1) is 13.0. The van der Waals surface area contributed by atoms with Crippen LogP contribution in [-0.2, 0) is 11.2 Å². The predicted octanol–water partition coefficient (Wildman–Crippen LogP) is 3.03. The van der Waals surface area contributed by atoms with Crippen molar-refractivity contribution in [2.45, 2.75) is 37.8 Å². The maximum absolute atomic E-state index is 13.4. The smallest absolute Gasteiger partial charge is 0.137 e. The van der Waals surface area contributed by atoms with Crippen LogP contribution in [0.2, 0.25) is 0 Å². The quantitative estimate of drug-likeness (QED) is 0.931. The van der Waals surface area contributed by atoms with E-state index in [1.165, 1.54) is 12.5 Å². The maximum atomic E-state index is 13.4. The lowest BCUT2D eigenvalue weighted by Gasteiger charge is -2.28. The Kier molecular flexibility index (Phi) is 4.54. The highest BCUT2D eigenvalue weighted by Gasteiger charge is 2.22. The van der Waals surface area contributed by atoms with Gasteiger partial charge in [0.25, 0.3) is 0 Å². The highest BCUT2D eigenvalue weighted by Crippen LogP contribution is 2.24. The van der Waals surface area contributed by atoms with Gasteiger partial charge in [0.05, 0.1) is 10.6 Å². The Morgan fingerprint density at radius 1 is 1.47 bits per heavy atom. The largest absolute Gasteiger partial charge is 0.377 e. The van der Waals surface area contributed by atoms with Gasteiger partial charge in [-0.05, 0) is 53.2 Å². The van der Waals surface area contributed by atoms with E-state index in [1.807, 2.05) is 6.07 Å². The van der Waals surface area contributed by atoms with Crippen molar-refractivity contribution >= 4 is 15.9 Å². The molecule has 0 amide bonds. The average molecular weight is 302 g/mol. The van der Waals surface area contributed by atoms with E-state index < -0.39 is 0 Å². The molecule has 0 aliphatic carbocycles. The van der Waals surface area contributed by atoms with E-state index in [2.05, 4.69) is 15.9 Å². The molecule has 0 aromatic heterocycles. The summed E-state index contributed by atoms with van der Waals surface area (Å²) in [6.07, 6.45) is 4.05. The molecule has 1 aliphatic heterocycles. The number of benzene rings is 1. The number of nitrogens with two attached hydrogens (primary N) is 1. The monoisotopic (exact) mass is 301 g/mol. The molecule has 2 rings (SSSR count). The van der Waals surface area contributed by atoms with Gasteiger partial charge in [0.15, 0.2) is 0 Å². The molecule has 2 nitrogen and oxygen atoms in total. The molecule has 1 aromatic rings. The summed E-state index contributed by atoms with van der Waals surface area (Å²) in [5.41, 5.74) is 7.04. The molecule has 2 unspecified atom stereocenters. The number of halogens is 2. The third-order valence-electron chi connectivity index (χ3n) is 3.18. The van der Waals surface area contributed by atoms with Crippen LogP contribution in [0, 0.1) is 5.82 Å². The molecule has 0 bridgehead atoms. The third-order valence-corrected chi connectivity index (χ3v) is 4.07. The second kappa shape index (κ2) is 5.94. The molecule has 0 spiro atoms. The minimum absolute atomic E-state index is 0.0617. The third kappa shape index (κ3) is 3.27. The second-order valence-electron chi connectivity index (χ2n) is 4.49. The van der Waals surface area contributed by atoms with Gasteiger partial charge < -0.3 is 10.5 Å². The summed E-state index contributed by atoms with van der Waals surface area (Å²) in [7, 11) is 0. The molecule has 2 N–H and O–H groups in total. The molecule has 1 fully saturated rings. The fourth-order valence-electron chi connectivity index (χ4n) is 2.19. The SMILES string of the molecule is NC(Cc1cccc(F)c1Br)C1CCCCO1. The van der Waals surface area contributed by atoms with Crippen molar-refractivity contribution in [2.75, 3.05) is 6.61 Å². The molecule has 0 saturated carbocycles. The second-order valence-corrected chi connectivity index (χ2v) is 5.28. The van der Waals surface area contributed by atoms with Crippen molar-refractivity contribution in [3.63, 3.8) is 0 Å². The molecule has 17 heavy (non-hydrogen) atoms. The molecule has 2 atom stereocenters. The predicted molar refractivity (Wildman–Crippen MR) is 69.4 cm³/mol. The van der Waals surface area contributed by atoms with Crippen molar-refractivity contribution in [2.24, 2.45) is 5.73 Å². The highest BCUT2D eigenvalue weighted by atomic mass is 79.9. The van der Waals surface area contributed by atoms with Gasteiger partial charge in [0, 0.05) is 12.6 Å². The van der Waals surface area contributed by atoms with Crippen LogP contribution in [0.4, 0.5) is 4.39 Å². The number of rotatable bonds is 3.